The molecule has 1 saturated carbocycles. The highest BCUT2D eigenvalue weighted by Crippen LogP contribution is 2.44. The third-order valence-electron chi connectivity index (χ3n) is 6.63. The predicted octanol–water partition coefficient (Wildman–Crippen LogP) is 5.53. The van der Waals surface area contributed by atoms with Crippen molar-refractivity contribution in [2.75, 3.05) is 12.3 Å². The van der Waals surface area contributed by atoms with E-state index in [0.717, 1.165) is 41.7 Å². The van der Waals surface area contributed by atoms with Crippen molar-refractivity contribution in [3.8, 4) is 0 Å². The van der Waals surface area contributed by atoms with Crippen LogP contribution in [0, 0.1) is 17.6 Å². The van der Waals surface area contributed by atoms with Crippen LogP contribution in [0.5, 0.6) is 0 Å². The smallest absolute Gasteiger partial charge is 0.338 e. The number of hydrazone groups is 1. The number of nitrogens with two attached hydrogens (primary N) is 1. The van der Waals surface area contributed by atoms with Crippen LogP contribution in [-0.4, -0.2) is 29.2 Å². The van der Waals surface area contributed by atoms with Crippen LogP contribution in [0.3, 0.4) is 0 Å². The van der Waals surface area contributed by atoms with E-state index in [9.17, 15) is 18.4 Å². The van der Waals surface area contributed by atoms with E-state index in [1.807, 2.05) is 6.08 Å². The van der Waals surface area contributed by atoms with Gasteiger partial charge in [-0.2, -0.15) is 5.10 Å². The van der Waals surface area contributed by atoms with E-state index in [-0.39, 0.29) is 23.1 Å². The Hall–Kier alpha value is -4.33. The highest BCUT2D eigenvalue weighted by molar-refractivity contribution is 6.08. The zero-order valence-electron chi connectivity index (χ0n) is 19.9. The van der Waals surface area contributed by atoms with Crippen molar-refractivity contribution in [2.45, 2.75) is 25.3 Å². The highest BCUT2D eigenvalue weighted by atomic mass is 19.1. The summed E-state index contributed by atoms with van der Waals surface area (Å²) in [5.41, 5.74) is 9.69. The predicted molar refractivity (Wildman–Crippen MR) is 136 cm³/mol. The minimum atomic E-state index is -0.667. The molecular formula is C29H25F2N3O3. The van der Waals surface area contributed by atoms with Gasteiger partial charge < -0.3 is 10.5 Å². The number of hydrogen-bond donors (Lipinski definition) is 1. The summed E-state index contributed by atoms with van der Waals surface area (Å²) in [5, 5.41) is 6.05. The third kappa shape index (κ3) is 5.28. The van der Waals surface area contributed by atoms with E-state index in [1.54, 1.807) is 42.5 Å². The van der Waals surface area contributed by atoms with Crippen molar-refractivity contribution in [3.63, 3.8) is 0 Å². The molecule has 8 heteroatoms. The fraction of sp³-hybridized carbons (Fsp3) is 0.207. The molecule has 0 spiro atoms. The number of allylic oxidation sites excluding steroid dienone is 1. The summed E-state index contributed by atoms with van der Waals surface area (Å²) < 4.78 is 32.4. The fourth-order valence-electron chi connectivity index (χ4n) is 4.90. The topological polar surface area (TPSA) is 85.0 Å². The van der Waals surface area contributed by atoms with E-state index < -0.39 is 24.5 Å². The van der Waals surface area contributed by atoms with Gasteiger partial charge in [0.15, 0.2) is 6.61 Å². The Morgan fingerprint density at radius 3 is 2.43 bits per heavy atom. The van der Waals surface area contributed by atoms with E-state index in [4.69, 9.17) is 15.6 Å². The molecule has 1 amide bonds. The molecule has 1 aliphatic carbocycles. The van der Waals surface area contributed by atoms with Gasteiger partial charge in [-0.15, -0.1) is 0 Å². The van der Waals surface area contributed by atoms with Crippen molar-refractivity contribution in [2.24, 2.45) is 11.0 Å². The maximum absolute atomic E-state index is 13.7. The number of halogens is 2. The molecule has 2 aliphatic rings. The van der Waals surface area contributed by atoms with Crippen LogP contribution in [0.1, 0.15) is 46.8 Å². The van der Waals surface area contributed by atoms with Gasteiger partial charge >= 0.3 is 5.97 Å². The van der Waals surface area contributed by atoms with Gasteiger partial charge in [0.05, 0.1) is 17.3 Å². The number of hydrogen-bond acceptors (Lipinski definition) is 5. The molecule has 2 unspecified atom stereocenters. The average molecular weight is 502 g/mol. The number of nitrogens with zero attached hydrogens (tertiary/aromatic N) is 2. The number of esters is 1. The van der Waals surface area contributed by atoms with E-state index >= 15 is 0 Å². The molecular weight excluding hydrogens is 476 g/mol. The Labute approximate surface area is 213 Å². The van der Waals surface area contributed by atoms with Crippen LogP contribution in [0.2, 0.25) is 0 Å². The number of amides is 1. The summed E-state index contributed by atoms with van der Waals surface area (Å²) in [6.45, 7) is -0.508. The van der Waals surface area contributed by atoms with Gasteiger partial charge in [-0.25, -0.2) is 18.6 Å². The molecule has 2 N–H and O–H groups in total. The number of fused-ring (bicyclic) bond motifs is 1. The number of nitrogen functional groups attached to an aromatic ring is 1. The molecule has 5 rings (SSSR count). The summed E-state index contributed by atoms with van der Waals surface area (Å²) >= 11 is 0. The molecule has 37 heavy (non-hydrogen) atoms. The number of benzene rings is 3. The van der Waals surface area contributed by atoms with Crippen molar-refractivity contribution in [3.05, 3.63) is 107 Å². The summed E-state index contributed by atoms with van der Waals surface area (Å²) in [5.74, 6) is -1.96. The summed E-state index contributed by atoms with van der Waals surface area (Å²) in [6.07, 6.45) is 4.38. The largest absolute Gasteiger partial charge is 0.452 e. The monoisotopic (exact) mass is 501 g/mol. The molecule has 2 atom stereocenters. The Morgan fingerprint density at radius 1 is 1.03 bits per heavy atom. The first-order valence-corrected chi connectivity index (χ1v) is 12.0. The standard InChI is InChI=1S/C29H25F2N3O3/c30-22-11-7-18(8-12-22)15-20-3-2-6-25-27(20)33-34(28(25)19-9-13-23(31)14-10-19)26(35)17-37-29(36)21-4-1-5-24(32)16-21/h1,4-5,7-16,25,28H,2-3,6,17,32H2. The lowest BCUT2D eigenvalue weighted by Crippen LogP contribution is -2.34. The number of carbonyl (C=O) groups is 2. The van der Waals surface area contributed by atoms with E-state index in [0.29, 0.717) is 5.69 Å². The van der Waals surface area contributed by atoms with Crippen LogP contribution in [0.25, 0.3) is 6.08 Å². The van der Waals surface area contributed by atoms with Crippen LogP contribution >= 0.6 is 0 Å². The van der Waals surface area contributed by atoms with Gasteiger partial charge in [-0.1, -0.05) is 30.3 Å². The normalized spacial score (nSPS) is 19.9. The van der Waals surface area contributed by atoms with Gasteiger partial charge in [0.1, 0.15) is 11.6 Å². The number of carbonyl (C=O) groups excluding carboxylic acids is 2. The quantitative estimate of drug-likeness (QED) is 0.368. The fourth-order valence-corrected chi connectivity index (χ4v) is 4.90. The van der Waals surface area contributed by atoms with Crippen LogP contribution < -0.4 is 5.73 Å². The Balaban J connectivity index is 1.43. The maximum atomic E-state index is 13.7. The Bertz CT molecular complexity index is 1380. The van der Waals surface area contributed by atoms with Crippen molar-refractivity contribution in [1.82, 2.24) is 5.01 Å². The van der Waals surface area contributed by atoms with Crippen molar-refractivity contribution in [1.29, 1.82) is 0 Å². The lowest BCUT2D eigenvalue weighted by molar-refractivity contribution is -0.137. The molecule has 188 valence electrons. The average Bonchev–Trinajstić information content (AvgIpc) is 3.29. The van der Waals surface area contributed by atoms with Gasteiger partial charge in [0.2, 0.25) is 0 Å². The summed E-state index contributed by atoms with van der Waals surface area (Å²) in [7, 11) is 0. The Kier molecular flexibility index (Phi) is 6.81. The van der Waals surface area contributed by atoms with Gasteiger partial charge in [0, 0.05) is 11.6 Å². The second kappa shape index (κ2) is 10.3. The summed E-state index contributed by atoms with van der Waals surface area (Å²) in [4.78, 5) is 25.8. The molecule has 6 nitrogen and oxygen atoms in total. The van der Waals surface area contributed by atoms with Gasteiger partial charge in [0.25, 0.3) is 5.91 Å². The van der Waals surface area contributed by atoms with Gasteiger partial charge in [-0.3, -0.25) is 4.79 Å². The molecule has 3 aromatic carbocycles. The number of rotatable bonds is 5. The van der Waals surface area contributed by atoms with Crippen LogP contribution in [0.4, 0.5) is 14.5 Å². The van der Waals surface area contributed by atoms with E-state index in [1.165, 1.54) is 35.3 Å². The molecule has 1 fully saturated rings. The molecule has 1 aliphatic heterocycles. The van der Waals surface area contributed by atoms with E-state index in [2.05, 4.69) is 0 Å². The first-order chi connectivity index (χ1) is 17.9. The molecule has 1 heterocycles. The van der Waals surface area contributed by atoms with Crippen molar-refractivity contribution < 1.29 is 23.1 Å². The van der Waals surface area contributed by atoms with Crippen molar-refractivity contribution >= 4 is 29.4 Å². The lowest BCUT2D eigenvalue weighted by Gasteiger charge is -2.29. The van der Waals surface area contributed by atoms with Gasteiger partial charge in [-0.05, 0) is 84.5 Å². The second-order valence-corrected chi connectivity index (χ2v) is 9.14. The SMILES string of the molecule is Nc1cccc(C(=O)OCC(=O)N2N=C3C(=Cc4ccc(F)cc4)CCCC3C2c2ccc(F)cc2)c1. The highest BCUT2D eigenvalue weighted by Gasteiger charge is 2.43. The third-order valence-corrected chi connectivity index (χ3v) is 6.63. The molecule has 0 aromatic heterocycles. The maximum Gasteiger partial charge on any atom is 0.338 e. The molecule has 0 saturated heterocycles. The number of anilines is 1. The zero-order valence-corrected chi connectivity index (χ0v) is 19.9. The lowest BCUT2D eigenvalue weighted by atomic mass is 9.77. The summed E-state index contributed by atoms with van der Waals surface area (Å²) in [6, 6.07) is 18.0. The number of ether oxygens (including phenoxy) is 1. The minimum absolute atomic E-state index is 0.112. The first-order valence-electron chi connectivity index (χ1n) is 12.0. The Morgan fingerprint density at radius 2 is 1.73 bits per heavy atom. The van der Waals surface area contributed by atoms with Crippen LogP contribution in [-0.2, 0) is 9.53 Å². The molecule has 0 bridgehead atoms. The molecule has 3 aromatic rings. The minimum Gasteiger partial charge on any atom is -0.452 e. The first kappa shape index (κ1) is 24.4. The second-order valence-electron chi connectivity index (χ2n) is 9.14. The molecule has 0 radical (unpaired) electrons. The van der Waals surface area contributed by atoms with Crippen LogP contribution in [0.15, 0.2) is 83.5 Å². The zero-order chi connectivity index (χ0) is 25.9.